The van der Waals surface area contributed by atoms with E-state index in [2.05, 4.69) is 5.32 Å². The first-order valence-electron chi connectivity index (χ1n) is 5.28. The van der Waals surface area contributed by atoms with Crippen LogP contribution in [-0.2, 0) is 0 Å². The van der Waals surface area contributed by atoms with Crippen molar-refractivity contribution in [1.29, 1.82) is 0 Å². The molecule has 0 saturated carbocycles. The molecule has 0 aliphatic carbocycles. The van der Waals surface area contributed by atoms with E-state index in [0.29, 0.717) is 0 Å². The first-order chi connectivity index (χ1) is 7.93. The Labute approximate surface area is 98.4 Å². The Bertz CT molecular complexity index is 410. The van der Waals surface area contributed by atoms with Gasteiger partial charge in [-0.1, -0.05) is 19.9 Å². The van der Waals surface area contributed by atoms with Crippen molar-refractivity contribution in [2.45, 2.75) is 20.0 Å². The number of nitro benzene ring substituents is 1. The molecule has 0 radical (unpaired) electrons. The smallest absolute Gasteiger partial charge is 0.327 e. The third-order valence-corrected chi connectivity index (χ3v) is 2.44. The van der Waals surface area contributed by atoms with E-state index in [1.165, 1.54) is 12.1 Å². The van der Waals surface area contributed by atoms with Gasteiger partial charge in [0.15, 0.2) is 0 Å². The van der Waals surface area contributed by atoms with Crippen molar-refractivity contribution in [3.63, 3.8) is 0 Å². The first kappa shape index (κ1) is 13.4. The van der Waals surface area contributed by atoms with Crippen molar-refractivity contribution >= 4 is 11.4 Å². The predicted molar refractivity (Wildman–Crippen MR) is 62.4 cm³/mol. The Kier molecular flexibility index (Phi) is 4.39. The van der Waals surface area contributed by atoms with Crippen LogP contribution in [0.1, 0.15) is 13.8 Å². The zero-order chi connectivity index (χ0) is 13.0. The Morgan fingerprint density at radius 3 is 2.71 bits per heavy atom. The van der Waals surface area contributed by atoms with Gasteiger partial charge in [-0.15, -0.1) is 0 Å². The van der Waals surface area contributed by atoms with Crippen molar-refractivity contribution in [2.75, 3.05) is 11.9 Å². The molecule has 94 valence electrons. The Hall–Kier alpha value is -1.69. The lowest BCUT2D eigenvalue weighted by molar-refractivity contribution is -0.386. The second-order valence-corrected chi connectivity index (χ2v) is 4.09. The summed E-state index contributed by atoms with van der Waals surface area (Å²) in [6.07, 6.45) is -0.641. The lowest BCUT2D eigenvalue weighted by atomic mass is 10.1. The zero-order valence-electron chi connectivity index (χ0n) is 9.68. The molecule has 1 aromatic rings. The molecule has 0 spiro atoms. The van der Waals surface area contributed by atoms with Gasteiger partial charge in [-0.2, -0.15) is 4.39 Å². The van der Waals surface area contributed by atoms with Crippen LogP contribution in [0.25, 0.3) is 0 Å². The van der Waals surface area contributed by atoms with E-state index < -0.39 is 22.5 Å². The van der Waals surface area contributed by atoms with Crippen LogP contribution in [0.5, 0.6) is 0 Å². The number of nitrogens with zero attached hydrogens (tertiary/aromatic N) is 1. The molecule has 1 rings (SSSR count). The van der Waals surface area contributed by atoms with E-state index >= 15 is 0 Å². The van der Waals surface area contributed by atoms with Gasteiger partial charge in [-0.05, 0) is 18.1 Å². The maximum absolute atomic E-state index is 13.2. The second-order valence-electron chi connectivity index (χ2n) is 4.09. The highest BCUT2D eigenvalue weighted by Crippen LogP contribution is 2.27. The highest BCUT2D eigenvalue weighted by molar-refractivity contribution is 5.61. The fourth-order valence-corrected chi connectivity index (χ4v) is 1.29. The molecule has 17 heavy (non-hydrogen) atoms. The average molecular weight is 242 g/mol. The van der Waals surface area contributed by atoms with Gasteiger partial charge in [0, 0.05) is 6.54 Å². The largest absolute Gasteiger partial charge is 0.391 e. The van der Waals surface area contributed by atoms with Crippen LogP contribution in [0.3, 0.4) is 0 Å². The fraction of sp³-hybridized carbons (Fsp3) is 0.455. The molecule has 0 bridgehead atoms. The van der Waals surface area contributed by atoms with Gasteiger partial charge in [0.2, 0.25) is 5.82 Å². The summed E-state index contributed by atoms with van der Waals surface area (Å²) >= 11 is 0. The minimum absolute atomic E-state index is 0.0233. The molecule has 0 aliphatic rings. The number of hydrogen-bond acceptors (Lipinski definition) is 4. The molecule has 0 aliphatic heterocycles. The fourth-order valence-electron chi connectivity index (χ4n) is 1.29. The Morgan fingerprint density at radius 2 is 2.18 bits per heavy atom. The van der Waals surface area contributed by atoms with Gasteiger partial charge in [0.05, 0.1) is 11.0 Å². The lowest BCUT2D eigenvalue weighted by Gasteiger charge is -2.15. The second kappa shape index (κ2) is 5.58. The molecule has 0 saturated heterocycles. The number of benzene rings is 1. The number of para-hydroxylation sites is 1. The van der Waals surface area contributed by atoms with Crippen molar-refractivity contribution < 1.29 is 14.4 Å². The van der Waals surface area contributed by atoms with Crippen molar-refractivity contribution in [2.24, 2.45) is 5.92 Å². The van der Waals surface area contributed by atoms with Gasteiger partial charge < -0.3 is 10.4 Å². The minimum Gasteiger partial charge on any atom is -0.391 e. The minimum atomic E-state index is -0.890. The van der Waals surface area contributed by atoms with Crippen LogP contribution in [-0.4, -0.2) is 22.7 Å². The molecule has 5 nitrogen and oxygen atoms in total. The predicted octanol–water partition coefficient (Wildman–Crippen LogP) is 2.16. The summed E-state index contributed by atoms with van der Waals surface area (Å²) in [5, 5.41) is 22.9. The molecule has 0 heterocycles. The first-order valence-corrected chi connectivity index (χ1v) is 5.28. The monoisotopic (exact) mass is 242 g/mol. The summed E-state index contributed by atoms with van der Waals surface area (Å²) < 4.78 is 13.2. The number of nitrogens with one attached hydrogen (secondary N) is 1. The zero-order valence-corrected chi connectivity index (χ0v) is 9.68. The molecule has 0 aromatic heterocycles. The van der Waals surface area contributed by atoms with Crippen LogP contribution in [0.15, 0.2) is 18.2 Å². The van der Waals surface area contributed by atoms with Gasteiger partial charge in [-0.25, -0.2) is 0 Å². The highest BCUT2D eigenvalue weighted by Gasteiger charge is 2.20. The quantitative estimate of drug-likeness (QED) is 0.612. The van der Waals surface area contributed by atoms with Crippen LogP contribution < -0.4 is 5.32 Å². The van der Waals surface area contributed by atoms with Crippen molar-refractivity contribution in [1.82, 2.24) is 0 Å². The summed E-state index contributed by atoms with van der Waals surface area (Å²) in [7, 11) is 0. The number of hydrogen-bond donors (Lipinski definition) is 2. The average Bonchev–Trinajstić information content (AvgIpc) is 2.24. The maximum Gasteiger partial charge on any atom is 0.327 e. The van der Waals surface area contributed by atoms with Gasteiger partial charge >= 0.3 is 5.69 Å². The van der Waals surface area contributed by atoms with Gasteiger partial charge in [0.25, 0.3) is 0 Å². The molecule has 0 amide bonds. The van der Waals surface area contributed by atoms with E-state index in [0.717, 1.165) is 6.07 Å². The van der Waals surface area contributed by atoms with Crippen molar-refractivity contribution in [3.05, 3.63) is 34.1 Å². The number of aliphatic hydroxyl groups excluding tert-OH is 1. The lowest BCUT2D eigenvalue weighted by Crippen LogP contribution is -2.25. The number of nitro groups is 1. The van der Waals surface area contributed by atoms with Gasteiger partial charge in [-0.3, -0.25) is 10.1 Å². The molecule has 0 fully saturated rings. The Balaban J connectivity index is 2.84. The van der Waals surface area contributed by atoms with E-state index in [1.54, 1.807) is 0 Å². The van der Waals surface area contributed by atoms with Crippen molar-refractivity contribution in [3.8, 4) is 0 Å². The third kappa shape index (κ3) is 3.39. The maximum atomic E-state index is 13.2. The number of rotatable bonds is 5. The van der Waals surface area contributed by atoms with E-state index in [1.807, 2.05) is 13.8 Å². The molecule has 1 atom stereocenters. The number of halogens is 1. The molecule has 6 heteroatoms. The number of aliphatic hydroxyl groups is 1. The van der Waals surface area contributed by atoms with Crippen LogP contribution in [0.2, 0.25) is 0 Å². The highest BCUT2D eigenvalue weighted by atomic mass is 19.1. The summed E-state index contributed by atoms with van der Waals surface area (Å²) in [5.41, 5.74) is -0.516. The Morgan fingerprint density at radius 1 is 1.53 bits per heavy atom. The van der Waals surface area contributed by atoms with Gasteiger partial charge in [0.1, 0.15) is 5.69 Å². The molecular formula is C11H15FN2O3. The standard InChI is InChI=1S/C11H15FN2O3/c1-7(2)10(15)6-13-9-5-3-4-8(12)11(9)14(16)17/h3-5,7,10,13,15H,6H2,1-2H3. The SMILES string of the molecule is CC(C)C(O)CNc1cccc(F)c1[N+](=O)[O-]. The molecule has 1 unspecified atom stereocenters. The number of anilines is 1. The normalized spacial score (nSPS) is 12.5. The molecular weight excluding hydrogens is 227 g/mol. The van der Waals surface area contributed by atoms with E-state index in [9.17, 15) is 19.6 Å². The topological polar surface area (TPSA) is 75.4 Å². The molecule has 2 N–H and O–H groups in total. The molecule has 1 aromatic carbocycles. The summed E-state index contributed by atoms with van der Waals surface area (Å²) in [5.74, 6) is -0.867. The van der Waals surface area contributed by atoms with E-state index in [-0.39, 0.29) is 18.2 Å². The summed E-state index contributed by atoms with van der Waals surface area (Å²) in [4.78, 5) is 9.91. The third-order valence-electron chi connectivity index (χ3n) is 2.44. The van der Waals surface area contributed by atoms with Crippen LogP contribution >= 0.6 is 0 Å². The summed E-state index contributed by atoms with van der Waals surface area (Å²) in [6, 6.07) is 3.82. The van der Waals surface area contributed by atoms with E-state index in [4.69, 9.17) is 0 Å². The van der Waals surface area contributed by atoms with Crippen LogP contribution in [0, 0.1) is 21.8 Å². The van der Waals surface area contributed by atoms with Crippen LogP contribution in [0.4, 0.5) is 15.8 Å². The summed E-state index contributed by atoms with van der Waals surface area (Å²) in [6.45, 7) is 3.79.